The number of halogens is 1. The van der Waals surface area contributed by atoms with Gasteiger partial charge in [-0.05, 0) is 37.3 Å². The molecule has 0 saturated carbocycles. The number of para-hydroxylation sites is 2. The molecule has 7 heteroatoms. The fourth-order valence-electron chi connectivity index (χ4n) is 2.47. The maximum atomic E-state index is 11.9. The van der Waals surface area contributed by atoms with Crippen molar-refractivity contribution in [3.63, 3.8) is 0 Å². The fraction of sp³-hybridized carbons (Fsp3) is 0.150. The smallest absolute Gasteiger partial charge is 0.277 e. The summed E-state index contributed by atoms with van der Waals surface area (Å²) in [6.45, 7) is 1.81. The summed E-state index contributed by atoms with van der Waals surface area (Å²) in [6, 6.07) is 14.9. The molecule has 0 bridgehead atoms. The summed E-state index contributed by atoms with van der Waals surface area (Å²) in [5.74, 6) is 0.632. The van der Waals surface area contributed by atoms with Gasteiger partial charge < -0.3 is 9.47 Å². The van der Waals surface area contributed by atoms with Gasteiger partial charge in [0.25, 0.3) is 5.91 Å². The predicted molar refractivity (Wildman–Crippen MR) is 106 cm³/mol. The van der Waals surface area contributed by atoms with Gasteiger partial charge in [-0.15, -0.1) is 0 Å². The number of hydrogen-bond donors (Lipinski definition) is 1. The Kier molecular flexibility index (Phi) is 5.88. The summed E-state index contributed by atoms with van der Waals surface area (Å²) >= 11 is 6.18. The largest absolute Gasteiger partial charge is 0.493 e. The van der Waals surface area contributed by atoms with Crippen LogP contribution in [0.15, 0.2) is 53.6 Å². The number of pyridine rings is 1. The van der Waals surface area contributed by atoms with Gasteiger partial charge in [0.05, 0.1) is 18.8 Å². The third-order valence-corrected chi connectivity index (χ3v) is 4.07. The van der Waals surface area contributed by atoms with Crippen LogP contribution in [-0.4, -0.2) is 30.8 Å². The molecule has 0 spiro atoms. The van der Waals surface area contributed by atoms with E-state index in [-0.39, 0.29) is 6.61 Å². The highest BCUT2D eigenvalue weighted by Crippen LogP contribution is 2.25. The lowest BCUT2D eigenvalue weighted by Gasteiger charge is -2.09. The monoisotopic (exact) mass is 383 g/mol. The van der Waals surface area contributed by atoms with Crippen molar-refractivity contribution in [2.75, 3.05) is 13.7 Å². The van der Waals surface area contributed by atoms with Gasteiger partial charge in [-0.2, -0.15) is 5.10 Å². The van der Waals surface area contributed by atoms with E-state index in [4.69, 9.17) is 21.1 Å². The molecule has 0 saturated heterocycles. The Bertz CT molecular complexity index is 1000. The molecule has 2 aromatic carbocycles. The van der Waals surface area contributed by atoms with Crippen LogP contribution in [0.3, 0.4) is 0 Å². The second kappa shape index (κ2) is 8.51. The minimum atomic E-state index is -0.405. The van der Waals surface area contributed by atoms with E-state index in [0.717, 1.165) is 16.5 Å². The van der Waals surface area contributed by atoms with Crippen LogP contribution in [-0.2, 0) is 4.79 Å². The highest BCUT2D eigenvalue weighted by atomic mass is 35.5. The van der Waals surface area contributed by atoms with Crippen molar-refractivity contribution >= 4 is 34.6 Å². The number of hydrazone groups is 1. The number of nitrogens with zero attached hydrogens (tertiary/aromatic N) is 2. The van der Waals surface area contributed by atoms with Crippen LogP contribution in [0, 0.1) is 6.92 Å². The fourth-order valence-corrected chi connectivity index (χ4v) is 2.66. The van der Waals surface area contributed by atoms with E-state index in [1.165, 1.54) is 13.3 Å². The number of carbonyl (C=O) groups is 1. The van der Waals surface area contributed by atoms with Crippen molar-refractivity contribution < 1.29 is 14.3 Å². The SMILES string of the molecule is COc1ccccc1OCC(=O)NN=Cc1cc2cc(C)ccc2nc1Cl. The number of fused-ring (bicyclic) bond motifs is 1. The Morgan fingerprint density at radius 2 is 2.00 bits per heavy atom. The van der Waals surface area contributed by atoms with Crippen molar-refractivity contribution in [1.82, 2.24) is 10.4 Å². The van der Waals surface area contributed by atoms with E-state index in [2.05, 4.69) is 15.5 Å². The first-order chi connectivity index (χ1) is 13.1. The van der Waals surface area contributed by atoms with Gasteiger partial charge >= 0.3 is 0 Å². The molecule has 0 atom stereocenters. The summed E-state index contributed by atoms with van der Waals surface area (Å²) in [5, 5.41) is 5.19. The van der Waals surface area contributed by atoms with E-state index in [0.29, 0.717) is 22.2 Å². The number of aryl methyl sites for hydroxylation is 1. The molecule has 0 unspecified atom stereocenters. The molecule has 0 aliphatic rings. The van der Waals surface area contributed by atoms with Crippen molar-refractivity contribution in [2.45, 2.75) is 6.92 Å². The lowest BCUT2D eigenvalue weighted by atomic mass is 10.1. The Hall–Kier alpha value is -3.12. The maximum absolute atomic E-state index is 11.9. The number of hydrogen-bond acceptors (Lipinski definition) is 5. The Morgan fingerprint density at radius 1 is 1.22 bits per heavy atom. The molecule has 1 N–H and O–H groups in total. The Labute approximate surface area is 161 Å². The maximum Gasteiger partial charge on any atom is 0.277 e. The second-order valence-corrected chi connectivity index (χ2v) is 6.16. The van der Waals surface area contributed by atoms with E-state index < -0.39 is 5.91 Å². The lowest BCUT2D eigenvalue weighted by Crippen LogP contribution is -2.24. The Balaban J connectivity index is 1.62. The zero-order chi connectivity index (χ0) is 19.2. The number of benzene rings is 2. The standard InChI is InChI=1S/C20H18ClN3O3/c1-13-7-8-16-14(9-13)10-15(20(21)23-16)11-22-24-19(25)12-27-18-6-4-3-5-17(18)26-2/h3-11H,12H2,1-2H3,(H,24,25). The summed E-state index contributed by atoms with van der Waals surface area (Å²) in [5.41, 5.74) is 4.94. The topological polar surface area (TPSA) is 72.8 Å². The summed E-state index contributed by atoms with van der Waals surface area (Å²) in [4.78, 5) is 16.2. The predicted octanol–water partition coefficient (Wildman–Crippen LogP) is 3.73. The van der Waals surface area contributed by atoms with Gasteiger partial charge in [-0.1, -0.05) is 35.4 Å². The number of aromatic nitrogens is 1. The quantitative estimate of drug-likeness (QED) is 0.400. The number of ether oxygens (including phenoxy) is 2. The summed E-state index contributed by atoms with van der Waals surface area (Å²) < 4.78 is 10.6. The van der Waals surface area contributed by atoms with Crippen LogP contribution in [0.5, 0.6) is 11.5 Å². The van der Waals surface area contributed by atoms with Crippen LogP contribution in [0.4, 0.5) is 0 Å². The second-order valence-electron chi connectivity index (χ2n) is 5.80. The molecule has 1 amide bonds. The van der Waals surface area contributed by atoms with Crippen LogP contribution >= 0.6 is 11.6 Å². The number of methoxy groups -OCH3 is 1. The van der Waals surface area contributed by atoms with Crippen molar-refractivity contribution in [3.8, 4) is 11.5 Å². The van der Waals surface area contributed by atoms with E-state index >= 15 is 0 Å². The van der Waals surface area contributed by atoms with Gasteiger partial charge in [0, 0.05) is 10.9 Å². The van der Waals surface area contributed by atoms with Crippen LogP contribution < -0.4 is 14.9 Å². The third-order valence-electron chi connectivity index (χ3n) is 3.77. The molecule has 0 aliphatic heterocycles. The van der Waals surface area contributed by atoms with E-state index in [9.17, 15) is 4.79 Å². The van der Waals surface area contributed by atoms with Gasteiger partial charge in [-0.3, -0.25) is 4.79 Å². The van der Waals surface area contributed by atoms with Crippen molar-refractivity contribution in [2.24, 2.45) is 5.10 Å². The van der Waals surface area contributed by atoms with Crippen LogP contribution in [0.2, 0.25) is 5.15 Å². The molecule has 138 valence electrons. The Morgan fingerprint density at radius 3 is 2.78 bits per heavy atom. The highest BCUT2D eigenvalue weighted by Gasteiger charge is 2.07. The van der Waals surface area contributed by atoms with E-state index in [1.807, 2.05) is 37.3 Å². The summed E-state index contributed by atoms with van der Waals surface area (Å²) in [7, 11) is 1.54. The molecule has 27 heavy (non-hydrogen) atoms. The third kappa shape index (κ3) is 4.74. The molecule has 0 fully saturated rings. The first-order valence-electron chi connectivity index (χ1n) is 8.21. The van der Waals surface area contributed by atoms with Crippen LogP contribution in [0.1, 0.15) is 11.1 Å². The average molecular weight is 384 g/mol. The van der Waals surface area contributed by atoms with Gasteiger partial charge in [-0.25, -0.2) is 10.4 Å². The zero-order valence-corrected chi connectivity index (χ0v) is 15.7. The normalized spacial score (nSPS) is 10.9. The average Bonchev–Trinajstić information content (AvgIpc) is 2.67. The first kappa shape index (κ1) is 18.7. The molecule has 0 radical (unpaired) electrons. The molecule has 1 aromatic heterocycles. The molecular formula is C20H18ClN3O3. The summed E-state index contributed by atoms with van der Waals surface area (Å²) in [6.07, 6.45) is 1.46. The zero-order valence-electron chi connectivity index (χ0n) is 14.9. The minimum Gasteiger partial charge on any atom is -0.493 e. The first-order valence-corrected chi connectivity index (χ1v) is 8.59. The number of rotatable bonds is 6. The van der Waals surface area contributed by atoms with Crippen LogP contribution in [0.25, 0.3) is 10.9 Å². The molecule has 1 heterocycles. The molecule has 3 aromatic rings. The van der Waals surface area contributed by atoms with Crippen molar-refractivity contribution in [1.29, 1.82) is 0 Å². The number of carbonyl (C=O) groups excluding carboxylic acids is 1. The molecule has 6 nitrogen and oxygen atoms in total. The lowest BCUT2D eigenvalue weighted by molar-refractivity contribution is -0.123. The van der Waals surface area contributed by atoms with E-state index in [1.54, 1.807) is 18.2 Å². The van der Waals surface area contributed by atoms with Gasteiger partial charge in [0.2, 0.25) is 0 Å². The van der Waals surface area contributed by atoms with Gasteiger partial charge in [0.15, 0.2) is 18.1 Å². The van der Waals surface area contributed by atoms with Crippen molar-refractivity contribution in [3.05, 3.63) is 64.8 Å². The minimum absolute atomic E-state index is 0.194. The molecule has 3 rings (SSSR count). The van der Waals surface area contributed by atoms with Gasteiger partial charge in [0.1, 0.15) is 5.15 Å². The highest BCUT2D eigenvalue weighted by molar-refractivity contribution is 6.32. The number of amides is 1. The molecular weight excluding hydrogens is 366 g/mol. The molecule has 0 aliphatic carbocycles. The number of nitrogens with one attached hydrogen (secondary N) is 1.